The highest BCUT2D eigenvalue weighted by Crippen LogP contribution is 2.27. The summed E-state index contributed by atoms with van der Waals surface area (Å²) in [6.07, 6.45) is 9.16. The van der Waals surface area contributed by atoms with E-state index >= 15 is 0 Å². The predicted molar refractivity (Wildman–Crippen MR) is 112 cm³/mol. The first-order valence-electron chi connectivity index (χ1n) is 10.3. The van der Waals surface area contributed by atoms with Gasteiger partial charge in [-0.1, -0.05) is 5.16 Å². The Balaban J connectivity index is 1.21. The largest absolute Gasteiger partial charge is 0.355 e. The summed E-state index contributed by atoms with van der Waals surface area (Å²) >= 11 is 0. The molecular formula is C21H20N8O3. The van der Waals surface area contributed by atoms with E-state index in [0.717, 1.165) is 31.2 Å². The first-order valence-corrected chi connectivity index (χ1v) is 10.3. The molecule has 4 heterocycles. The molecule has 0 spiro atoms. The predicted octanol–water partition coefficient (Wildman–Crippen LogP) is 1.79. The second kappa shape index (κ2) is 8.53. The standard InChI is InChI=1S/C21H20N8O3/c30-20-8-7-19(28-13-23-12-24-28)26-29(20)16-5-3-15(4-6-16)25-21(31)17-10-18(32-27-17)14-2-1-9-22-11-14/h1-2,7-13,15-16H,3-6H2,(H,25,31). The van der Waals surface area contributed by atoms with E-state index in [1.807, 2.05) is 6.07 Å². The molecule has 32 heavy (non-hydrogen) atoms. The first-order chi connectivity index (χ1) is 15.7. The molecule has 0 saturated heterocycles. The van der Waals surface area contributed by atoms with Crippen LogP contribution in [0.5, 0.6) is 0 Å². The van der Waals surface area contributed by atoms with Crippen molar-refractivity contribution in [3.8, 4) is 17.1 Å². The van der Waals surface area contributed by atoms with Gasteiger partial charge in [-0.15, -0.1) is 5.10 Å². The molecule has 1 saturated carbocycles. The van der Waals surface area contributed by atoms with Gasteiger partial charge in [0.2, 0.25) is 0 Å². The lowest BCUT2D eigenvalue weighted by Gasteiger charge is -2.29. The monoisotopic (exact) mass is 432 g/mol. The molecule has 1 N–H and O–H groups in total. The lowest BCUT2D eigenvalue weighted by molar-refractivity contribution is 0.0912. The number of carbonyl (C=O) groups excluding carboxylic acids is 1. The Hall–Kier alpha value is -4.15. The van der Waals surface area contributed by atoms with Crippen LogP contribution in [0.2, 0.25) is 0 Å². The van der Waals surface area contributed by atoms with Crippen molar-refractivity contribution in [2.75, 3.05) is 0 Å². The van der Waals surface area contributed by atoms with Gasteiger partial charge in [0.1, 0.15) is 12.7 Å². The van der Waals surface area contributed by atoms with Crippen LogP contribution in [-0.2, 0) is 0 Å². The number of amides is 1. The maximum absolute atomic E-state index is 12.6. The number of carbonyl (C=O) groups is 1. The molecule has 1 aliphatic rings. The van der Waals surface area contributed by atoms with Crippen molar-refractivity contribution in [3.63, 3.8) is 0 Å². The number of pyridine rings is 1. The summed E-state index contributed by atoms with van der Waals surface area (Å²) in [4.78, 5) is 32.9. The van der Waals surface area contributed by atoms with Gasteiger partial charge in [0.15, 0.2) is 17.3 Å². The van der Waals surface area contributed by atoms with Crippen molar-refractivity contribution < 1.29 is 9.32 Å². The van der Waals surface area contributed by atoms with Crippen molar-refractivity contribution in [2.45, 2.75) is 37.8 Å². The summed E-state index contributed by atoms with van der Waals surface area (Å²) in [7, 11) is 0. The lowest BCUT2D eigenvalue weighted by atomic mass is 9.91. The number of rotatable bonds is 5. The molecule has 0 atom stereocenters. The maximum atomic E-state index is 12.6. The highest BCUT2D eigenvalue weighted by molar-refractivity contribution is 5.93. The molecule has 1 fully saturated rings. The van der Waals surface area contributed by atoms with Crippen LogP contribution in [0, 0.1) is 0 Å². The third-order valence-electron chi connectivity index (χ3n) is 5.53. The van der Waals surface area contributed by atoms with E-state index < -0.39 is 0 Å². The minimum absolute atomic E-state index is 0.00788. The van der Waals surface area contributed by atoms with Gasteiger partial charge in [0.05, 0.1) is 6.04 Å². The molecule has 0 radical (unpaired) electrons. The second-order valence-corrected chi connectivity index (χ2v) is 7.61. The fraction of sp³-hybridized carbons (Fsp3) is 0.286. The van der Waals surface area contributed by atoms with E-state index in [2.05, 4.69) is 30.6 Å². The summed E-state index contributed by atoms with van der Waals surface area (Å²) in [6, 6.07) is 8.30. The van der Waals surface area contributed by atoms with Crippen LogP contribution in [-0.4, -0.2) is 46.6 Å². The molecule has 0 bridgehead atoms. The molecule has 11 nitrogen and oxygen atoms in total. The maximum Gasteiger partial charge on any atom is 0.273 e. The van der Waals surface area contributed by atoms with Crippen molar-refractivity contribution in [1.29, 1.82) is 0 Å². The van der Waals surface area contributed by atoms with Gasteiger partial charge in [0.25, 0.3) is 11.5 Å². The number of hydrogen-bond donors (Lipinski definition) is 1. The number of hydrogen-bond acceptors (Lipinski definition) is 8. The van der Waals surface area contributed by atoms with E-state index in [0.29, 0.717) is 11.6 Å². The Labute approximate surface area is 182 Å². The molecule has 4 aromatic heterocycles. The molecule has 11 heteroatoms. The third kappa shape index (κ3) is 4.04. The zero-order valence-electron chi connectivity index (χ0n) is 17.0. The van der Waals surface area contributed by atoms with E-state index in [1.54, 1.807) is 30.6 Å². The molecular weight excluding hydrogens is 412 g/mol. The average Bonchev–Trinajstić information content (AvgIpc) is 3.54. The molecule has 5 rings (SSSR count). The smallest absolute Gasteiger partial charge is 0.273 e. The fourth-order valence-corrected chi connectivity index (χ4v) is 3.88. The summed E-state index contributed by atoms with van der Waals surface area (Å²) < 4.78 is 8.30. The average molecular weight is 432 g/mol. The van der Waals surface area contributed by atoms with Crippen LogP contribution < -0.4 is 10.9 Å². The van der Waals surface area contributed by atoms with Crippen LogP contribution in [0.3, 0.4) is 0 Å². The minimum Gasteiger partial charge on any atom is -0.355 e. The highest BCUT2D eigenvalue weighted by atomic mass is 16.5. The second-order valence-electron chi connectivity index (χ2n) is 7.61. The van der Waals surface area contributed by atoms with E-state index in [-0.39, 0.29) is 29.2 Å². The van der Waals surface area contributed by atoms with E-state index in [1.165, 1.54) is 28.1 Å². The number of nitrogens with one attached hydrogen (secondary N) is 1. The van der Waals surface area contributed by atoms with Gasteiger partial charge < -0.3 is 9.84 Å². The van der Waals surface area contributed by atoms with Gasteiger partial charge >= 0.3 is 0 Å². The first kappa shape index (κ1) is 19.8. The fourth-order valence-electron chi connectivity index (χ4n) is 3.88. The van der Waals surface area contributed by atoms with Crippen LogP contribution in [0.1, 0.15) is 42.2 Å². The number of nitrogens with zero attached hydrogens (tertiary/aromatic N) is 7. The summed E-state index contributed by atoms with van der Waals surface area (Å²) in [5.41, 5.74) is 0.821. The zero-order chi connectivity index (χ0) is 21.9. The van der Waals surface area contributed by atoms with Crippen LogP contribution in [0.15, 0.2) is 64.7 Å². The summed E-state index contributed by atoms with van der Waals surface area (Å²) in [5, 5.41) is 15.4. The van der Waals surface area contributed by atoms with Gasteiger partial charge in [-0.05, 0) is 43.9 Å². The molecule has 0 aliphatic heterocycles. The molecule has 162 valence electrons. The normalized spacial score (nSPS) is 18.4. The molecule has 1 aliphatic carbocycles. The van der Waals surface area contributed by atoms with E-state index in [4.69, 9.17) is 4.52 Å². The molecule has 0 aromatic carbocycles. The van der Waals surface area contributed by atoms with Gasteiger partial charge in [0, 0.05) is 36.1 Å². The Morgan fingerprint density at radius 3 is 2.75 bits per heavy atom. The topological polar surface area (TPSA) is 134 Å². The van der Waals surface area contributed by atoms with Gasteiger partial charge in [-0.25, -0.2) is 14.3 Å². The highest BCUT2D eigenvalue weighted by Gasteiger charge is 2.26. The number of aromatic nitrogens is 7. The molecule has 4 aromatic rings. The summed E-state index contributed by atoms with van der Waals surface area (Å²) in [6.45, 7) is 0. The summed E-state index contributed by atoms with van der Waals surface area (Å²) in [5.74, 6) is 0.744. The molecule has 0 unspecified atom stereocenters. The van der Waals surface area contributed by atoms with Crippen molar-refractivity contribution in [1.82, 2.24) is 40.0 Å². The minimum atomic E-state index is -0.282. The quantitative estimate of drug-likeness (QED) is 0.504. The zero-order valence-corrected chi connectivity index (χ0v) is 17.0. The Kier molecular flexibility index (Phi) is 5.28. The Bertz CT molecular complexity index is 1260. The van der Waals surface area contributed by atoms with Crippen LogP contribution in [0.25, 0.3) is 17.1 Å². The van der Waals surface area contributed by atoms with Crippen molar-refractivity contribution in [3.05, 3.63) is 71.4 Å². The van der Waals surface area contributed by atoms with Crippen molar-refractivity contribution in [2.24, 2.45) is 0 Å². The Morgan fingerprint density at radius 1 is 1.12 bits per heavy atom. The van der Waals surface area contributed by atoms with Crippen LogP contribution in [0.4, 0.5) is 0 Å². The SMILES string of the molecule is O=C(NC1CCC(n2nc(-n3cncn3)ccc2=O)CC1)c1cc(-c2cccnc2)on1. The molecule has 1 amide bonds. The van der Waals surface area contributed by atoms with Gasteiger partial charge in [-0.3, -0.25) is 14.6 Å². The van der Waals surface area contributed by atoms with Crippen LogP contribution >= 0.6 is 0 Å². The van der Waals surface area contributed by atoms with Gasteiger partial charge in [-0.2, -0.15) is 5.10 Å². The lowest BCUT2D eigenvalue weighted by Crippen LogP contribution is -2.39. The van der Waals surface area contributed by atoms with Crippen molar-refractivity contribution >= 4 is 5.91 Å². The van der Waals surface area contributed by atoms with E-state index in [9.17, 15) is 9.59 Å². The Morgan fingerprint density at radius 2 is 2.00 bits per heavy atom. The third-order valence-corrected chi connectivity index (χ3v) is 5.53.